The van der Waals surface area contributed by atoms with Gasteiger partial charge in [-0.05, 0) is 42.2 Å². The molecule has 0 atom stereocenters. The lowest BCUT2D eigenvalue weighted by Gasteiger charge is -2.05. The molecule has 1 aromatic heterocycles. The van der Waals surface area contributed by atoms with Crippen molar-refractivity contribution in [3.8, 4) is 6.07 Å². The molecular weight excluding hydrogens is 300 g/mol. The van der Waals surface area contributed by atoms with Crippen molar-refractivity contribution in [1.82, 2.24) is 4.98 Å². The van der Waals surface area contributed by atoms with Crippen molar-refractivity contribution in [2.24, 2.45) is 0 Å². The number of aromatic nitrogens is 1. The maximum atomic E-state index is 11.9. The maximum Gasteiger partial charge on any atom is 0.306 e. The normalized spacial score (nSPS) is 10.5. The van der Waals surface area contributed by atoms with Gasteiger partial charge in [0.2, 0.25) is 0 Å². The van der Waals surface area contributed by atoms with Gasteiger partial charge in [-0.3, -0.25) is 4.79 Å². The molecule has 0 aliphatic rings. The summed E-state index contributed by atoms with van der Waals surface area (Å²) in [5.74, 6) is -0.211. The standard InChI is InChI=1S/C20H18N2O2/c21-12-15-5-3-6-16(11-15)14-24-20(23)10-4-7-17-13-22-19-9-2-1-8-18(17)19/h1-3,5-6,8-9,11,13,22H,4,7,10,14H2. The second kappa shape index (κ2) is 7.47. The number of carbonyl (C=O) groups is 1. The number of aromatic amines is 1. The number of nitrogens with zero attached hydrogens (tertiary/aromatic N) is 1. The summed E-state index contributed by atoms with van der Waals surface area (Å²) in [6.45, 7) is 0.210. The van der Waals surface area contributed by atoms with Gasteiger partial charge in [0.25, 0.3) is 0 Å². The first-order valence-corrected chi connectivity index (χ1v) is 7.96. The molecule has 0 unspecified atom stereocenters. The Balaban J connectivity index is 1.46. The monoisotopic (exact) mass is 318 g/mol. The number of benzene rings is 2. The molecule has 4 heteroatoms. The number of para-hydroxylation sites is 1. The number of esters is 1. The highest BCUT2D eigenvalue weighted by Crippen LogP contribution is 2.19. The molecule has 0 bridgehead atoms. The molecule has 3 rings (SSSR count). The molecule has 2 aromatic carbocycles. The summed E-state index contributed by atoms with van der Waals surface area (Å²) in [6, 6.07) is 17.3. The average Bonchev–Trinajstić information content (AvgIpc) is 3.03. The Labute approximate surface area is 140 Å². The molecule has 1 N–H and O–H groups in total. The van der Waals surface area contributed by atoms with E-state index in [1.807, 2.05) is 30.5 Å². The predicted molar refractivity (Wildman–Crippen MR) is 92.2 cm³/mol. The van der Waals surface area contributed by atoms with Crippen molar-refractivity contribution in [3.05, 3.63) is 71.4 Å². The Morgan fingerprint density at radius 1 is 1.17 bits per heavy atom. The van der Waals surface area contributed by atoms with Gasteiger partial charge in [-0.15, -0.1) is 0 Å². The number of nitrogens with one attached hydrogen (secondary N) is 1. The minimum atomic E-state index is -0.211. The summed E-state index contributed by atoms with van der Waals surface area (Å²) < 4.78 is 5.28. The molecule has 0 saturated heterocycles. The molecule has 0 saturated carbocycles. The second-order valence-corrected chi connectivity index (χ2v) is 5.69. The van der Waals surface area contributed by atoms with Crippen LogP contribution < -0.4 is 0 Å². The second-order valence-electron chi connectivity index (χ2n) is 5.69. The smallest absolute Gasteiger partial charge is 0.306 e. The van der Waals surface area contributed by atoms with Crippen LogP contribution in [-0.2, 0) is 22.6 Å². The zero-order chi connectivity index (χ0) is 16.8. The average molecular weight is 318 g/mol. The third-order valence-corrected chi connectivity index (χ3v) is 3.96. The van der Waals surface area contributed by atoms with Gasteiger partial charge in [0, 0.05) is 23.5 Å². The Hall–Kier alpha value is -3.06. The number of ether oxygens (including phenoxy) is 1. The van der Waals surface area contributed by atoms with Crippen molar-refractivity contribution in [3.63, 3.8) is 0 Å². The van der Waals surface area contributed by atoms with Crippen LogP contribution in [-0.4, -0.2) is 11.0 Å². The molecule has 1 heterocycles. The summed E-state index contributed by atoms with van der Waals surface area (Å²) >= 11 is 0. The van der Waals surface area contributed by atoms with Crippen LogP contribution in [0.4, 0.5) is 0 Å². The summed E-state index contributed by atoms with van der Waals surface area (Å²) in [5, 5.41) is 10.1. The Bertz CT molecular complexity index is 890. The molecular formula is C20H18N2O2. The predicted octanol–water partition coefficient (Wildman–Crippen LogP) is 4.11. The van der Waals surface area contributed by atoms with E-state index in [0.717, 1.165) is 23.9 Å². The first-order valence-electron chi connectivity index (χ1n) is 7.96. The molecule has 0 fully saturated rings. The minimum absolute atomic E-state index is 0.210. The summed E-state index contributed by atoms with van der Waals surface area (Å²) in [6.07, 6.45) is 3.97. The molecule has 0 aliphatic carbocycles. The van der Waals surface area contributed by atoms with E-state index < -0.39 is 0 Å². The molecule has 24 heavy (non-hydrogen) atoms. The fraction of sp³-hybridized carbons (Fsp3) is 0.200. The number of rotatable bonds is 6. The first-order chi connectivity index (χ1) is 11.8. The van der Waals surface area contributed by atoms with Crippen LogP contribution in [0.2, 0.25) is 0 Å². The summed E-state index contributed by atoms with van der Waals surface area (Å²) in [5.41, 5.74) is 3.74. The Kier molecular flexibility index (Phi) is 4.93. The van der Waals surface area contributed by atoms with Crippen LogP contribution in [0.25, 0.3) is 10.9 Å². The fourth-order valence-corrected chi connectivity index (χ4v) is 2.73. The number of carbonyl (C=O) groups excluding carboxylic acids is 1. The van der Waals surface area contributed by atoms with E-state index in [4.69, 9.17) is 10.00 Å². The molecule has 0 spiro atoms. The lowest BCUT2D eigenvalue weighted by atomic mass is 10.1. The van der Waals surface area contributed by atoms with Gasteiger partial charge in [0.1, 0.15) is 6.61 Å². The first kappa shape index (κ1) is 15.8. The molecule has 3 aromatic rings. The quantitative estimate of drug-likeness (QED) is 0.696. The van der Waals surface area contributed by atoms with Gasteiger partial charge in [0.05, 0.1) is 11.6 Å². The van der Waals surface area contributed by atoms with Gasteiger partial charge in [-0.2, -0.15) is 5.26 Å². The highest BCUT2D eigenvalue weighted by molar-refractivity contribution is 5.83. The molecule has 120 valence electrons. The lowest BCUT2D eigenvalue weighted by Crippen LogP contribution is -2.05. The topological polar surface area (TPSA) is 65.9 Å². The fourth-order valence-electron chi connectivity index (χ4n) is 2.73. The summed E-state index contributed by atoms with van der Waals surface area (Å²) in [4.78, 5) is 15.1. The third-order valence-electron chi connectivity index (χ3n) is 3.96. The number of nitriles is 1. The van der Waals surface area contributed by atoms with Crippen LogP contribution in [0.1, 0.15) is 29.5 Å². The van der Waals surface area contributed by atoms with E-state index in [2.05, 4.69) is 17.1 Å². The molecule has 0 aliphatic heterocycles. The van der Waals surface area contributed by atoms with Gasteiger partial charge in [-0.1, -0.05) is 30.3 Å². The van der Waals surface area contributed by atoms with E-state index >= 15 is 0 Å². The molecule has 0 amide bonds. The van der Waals surface area contributed by atoms with E-state index in [-0.39, 0.29) is 12.6 Å². The van der Waals surface area contributed by atoms with Crippen molar-refractivity contribution >= 4 is 16.9 Å². The van der Waals surface area contributed by atoms with E-state index in [9.17, 15) is 4.79 Å². The van der Waals surface area contributed by atoms with Crippen LogP contribution in [0.15, 0.2) is 54.7 Å². The van der Waals surface area contributed by atoms with Crippen LogP contribution in [0, 0.1) is 11.3 Å². The number of hydrogen-bond donors (Lipinski definition) is 1. The Morgan fingerprint density at radius 2 is 2.04 bits per heavy atom. The number of aryl methyl sites for hydroxylation is 1. The minimum Gasteiger partial charge on any atom is -0.461 e. The van der Waals surface area contributed by atoms with Crippen LogP contribution in [0.5, 0.6) is 0 Å². The van der Waals surface area contributed by atoms with Crippen molar-refractivity contribution < 1.29 is 9.53 Å². The van der Waals surface area contributed by atoms with Gasteiger partial charge >= 0.3 is 5.97 Å². The van der Waals surface area contributed by atoms with Gasteiger partial charge in [0.15, 0.2) is 0 Å². The van der Waals surface area contributed by atoms with E-state index in [1.54, 1.807) is 18.2 Å². The number of hydrogen-bond acceptors (Lipinski definition) is 3. The molecule has 4 nitrogen and oxygen atoms in total. The summed E-state index contributed by atoms with van der Waals surface area (Å²) in [7, 11) is 0. The van der Waals surface area contributed by atoms with Gasteiger partial charge < -0.3 is 9.72 Å². The van der Waals surface area contributed by atoms with E-state index in [0.29, 0.717) is 12.0 Å². The Morgan fingerprint density at radius 3 is 2.92 bits per heavy atom. The van der Waals surface area contributed by atoms with Crippen LogP contribution in [0.3, 0.4) is 0 Å². The van der Waals surface area contributed by atoms with Crippen molar-refractivity contribution in [2.75, 3.05) is 0 Å². The highest BCUT2D eigenvalue weighted by atomic mass is 16.5. The van der Waals surface area contributed by atoms with Crippen LogP contribution >= 0.6 is 0 Å². The number of H-pyrrole nitrogens is 1. The largest absolute Gasteiger partial charge is 0.461 e. The highest BCUT2D eigenvalue weighted by Gasteiger charge is 2.07. The SMILES string of the molecule is N#Cc1cccc(COC(=O)CCCc2c[nH]c3ccccc23)c1. The van der Waals surface area contributed by atoms with Crippen molar-refractivity contribution in [1.29, 1.82) is 5.26 Å². The lowest BCUT2D eigenvalue weighted by molar-refractivity contribution is -0.145. The zero-order valence-corrected chi connectivity index (χ0v) is 13.3. The maximum absolute atomic E-state index is 11.9. The zero-order valence-electron chi connectivity index (χ0n) is 13.3. The number of fused-ring (bicyclic) bond motifs is 1. The van der Waals surface area contributed by atoms with Crippen molar-refractivity contribution in [2.45, 2.75) is 25.9 Å². The van der Waals surface area contributed by atoms with E-state index in [1.165, 1.54) is 10.9 Å². The molecule has 0 radical (unpaired) electrons. The third kappa shape index (κ3) is 3.82. The van der Waals surface area contributed by atoms with Gasteiger partial charge in [-0.25, -0.2) is 0 Å².